The quantitative estimate of drug-likeness (QED) is 0.752. The number of amides is 2. The van der Waals surface area contributed by atoms with Crippen molar-refractivity contribution >= 4 is 39.1 Å². The van der Waals surface area contributed by atoms with Gasteiger partial charge in [-0.1, -0.05) is 11.6 Å². The van der Waals surface area contributed by atoms with Gasteiger partial charge in [0, 0.05) is 25.3 Å². The number of ether oxygens (including phenoxy) is 1. The number of nitrogens with one attached hydrogen (secondary N) is 1. The molecule has 0 aliphatic rings. The Morgan fingerprint density at radius 3 is 2.33 bits per heavy atom. The summed E-state index contributed by atoms with van der Waals surface area (Å²) in [6.45, 7) is 0. The van der Waals surface area contributed by atoms with Crippen LogP contribution >= 0.6 is 11.6 Å². The highest BCUT2D eigenvalue weighted by Crippen LogP contribution is 2.27. The van der Waals surface area contributed by atoms with Gasteiger partial charge in [0.1, 0.15) is 10.6 Å². The highest BCUT2D eigenvalue weighted by Gasteiger charge is 2.24. The fourth-order valence-electron chi connectivity index (χ4n) is 2.21. The van der Waals surface area contributed by atoms with Crippen LogP contribution in [0.15, 0.2) is 41.3 Å². The van der Waals surface area contributed by atoms with Crippen molar-refractivity contribution in [2.24, 2.45) is 5.73 Å². The molecule has 2 amide bonds. The molecular formula is C17H18ClN3O5S. The number of halogens is 1. The van der Waals surface area contributed by atoms with Crippen molar-refractivity contribution in [3.05, 3.63) is 52.5 Å². The Morgan fingerprint density at radius 2 is 1.81 bits per heavy atom. The Kier molecular flexibility index (Phi) is 6.09. The van der Waals surface area contributed by atoms with E-state index in [2.05, 4.69) is 5.32 Å². The first-order valence-electron chi connectivity index (χ1n) is 7.59. The second-order valence-corrected chi connectivity index (χ2v) is 8.19. The molecule has 8 nitrogen and oxygen atoms in total. The van der Waals surface area contributed by atoms with E-state index >= 15 is 0 Å². The van der Waals surface area contributed by atoms with Gasteiger partial charge in [-0.15, -0.1) is 0 Å². The van der Waals surface area contributed by atoms with E-state index in [0.29, 0.717) is 5.69 Å². The number of hydrogen-bond acceptors (Lipinski definition) is 5. The van der Waals surface area contributed by atoms with E-state index in [0.717, 1.165) is 4.31 Å². The predicted molar refractivity (Wildman–Crippen MR) is 102 cm³/mol. The SMILES string of the molecule is COc1ccc(C(=O)Nc2ccc(C(N)=O)c(Cl)c2)cc1S(=O)(=O)N(C)C. The van der Waals surface area contributed by atoms with Crippen molar-refractivity contribution in [2.75, 3.05) is 26.5 Å². The summed E-state index contributed by atoms with van der Waals surface area (Å²) in [7, 11) is 0.282. The number of carbonyl (C=O) groups is 2. The fourth-order valence-corrected chi connectivity index (χ4v) is 3.56. The lowest BCUT2D eigenvalue weighted by Gasteiger charge is -2.15. The molecule has 0 aromatic heterocycles. The van der Waals surface area contributed by atoms with Gasteiger partial charge in [0.25, 0.3) is 5.91 Å². The zero-order valence-corrected chi connectivity index (χ0v) is 16.4. The van der Waals surface area contributed by atoms with E-state index in [9.17, 15) is 18.0 Å². The van der Waals surface area contributed by atoms with Gasteiger partial charge >= 0.3 is 0 Å². The molecule has 2 aromatic rings. The van der Waals surface area contributed by atoms with E-state index in [1.807, 2.05) is 0 Å². The second-order valence-electron chi connectivity index (χ2n) is 5.67. The van der Waals surface area contributed by atoms with Crippen LogP contribution in [-0.2, 0) is 10.0 Å². The van der Waals surface area contributed by atoms with Crippen molar-refractivity contribution in [1.29, 1.82) is 0 Å². The van der Waals surface area contributed by atoms with Gasteiger partial charge in [-0.3, -0.25) is 9.59 Å². The number of methoxy groups -OCH3 is 1. The van der Waals surface area contributed by atoms with Crippen LogP contribution < -0.4 is 15.8 Å². The minimum atomic E-state index is -3.81. The lowest BCUT2D eigenvalue weighted by atomic mass is 10.1. The number of nitrogens with zero attached hydrogens (tertiary/aromatic N) is 1. The minimum Gasteiger partial charge on any atom is -0.495 e. The summed E-state index contributed by atoms with van der Waals surface area (Å²) in [5.74, 6) is -1.13. The van der Waals surface area contributed by atoms with Crippen LogP contribution in [0.4, 0.5) is 5.69 Å². The third-order valence-corrected chi connectivity index (χ3v) is 5.83. The molecule has 0 saturated heterocycles. The van der Waals surface area contributed by atoms with Gasteiger partial charge in [0.2, 0.25) is 15.9 Å². The van der Waals surface area contributed by atoms with Crippen molar-refractivity contribution in [3.63, 3.8) is 0 Å². The summed E-state index contributed by atoms with van der Waals surface area (Å²) in [5.41, 5.74) is 5.73. The summed E-state index contributed by atoms with van der Waals surface area (Å²) < 4.78 is 31.0. The van der Waals surface area contributed by atoms with E-state index in [1.165, 1.54) is 57.6 Å². The second kappa shape index (κ2) is 7.95. The number of hydrogen-bond donors (Lipinski definition) is 2. The molecule has 0 spiro atoms. The molecule has 0 saturated carbocycles. The molecule has 0 aliphatic carbocycles. The summed E-state index contributed by atoms with van der Waals surface area (Å²) in [4.78, 5) is 23.6. The molecule has 0 unspecified atom stereocenters. The Hall–Kier alpha value is -2.62. The Bertz CT molecular complexity index is 1010. The highest BCUT2D eigenvalue weighted by atomic mass is 35.5. The van der Waals surface area contributed by atoms with Crippen molar-refractivity contribution in [3.8, 4) is 5.75 Å². The molecule has 144 valence electrons. The number of anilines is 1. The van der Waals surface area contributed by atoms with Gasteiger partial charge < -0.3 is 15.8 Å². The van der Waals surface area contributed by atoms with Crippen molar-refractivity contribution in [2.45, 2.75) is 4.90 Å². The molecule has 0 bridgehead atoms. The lowest BCUT2D eigenvalue weighted by Crippen LogP contribution is -2.23. The molecule has 0 radical (unpaired) electrons. The van der Waals surface area contributed by atoms with Crippen molar-refractivity contribution < 1.29 is 22.7 Å². The monoisotopic (exact) mass is 411 g/mol. The number of primary amides is 1. The highest BCUT2D eigenvalue weighted by molar-refractivity contribution is 7.89. The average molecular weight is 412 g/mol. The molecule has 0 fully saturated rings. The minimum absolute atomic E-state index is 0.0888. The van der Waals surface area contributed by atoms with Crippen molar-refractivity contribution in [1.82, 2.24) is 4.31 Å². The molecule has 3 N–H and O–H groups in total. The number of nitrogens with two attached hydrogens (primary N) is 1. The first-order chi connectivity index (χ1) is 12.6. The summed E-state index contributed by atoms with van der Waals surface area (Å²) in [5, 5.41) is 2.67. The van der Waals surface area contributed by atoms with Gasteiger partial charge in [-0.05, 0) is 36.4 Å². The number of benzene rings is 2. The number of sulfonamides is 1. The molecular weight excluding hydrogens is 394 g/mol. The molecule has 2 aromatic carbocycles. The number of carbonyl (C=O) groups excluding carboxylic acids is 2. The topological polar surface area (TPSA) is 119 Å². The van der Waals surface area contributed by atoms with E-state index in [1.54, 1.807) is 0 Å². The summed E-state index contributed by atoms with van der Waals surface area (Å²) in [6, 6.07) is 8.28. The fraction of sp³-hybridized carbons (Fsp3) is 0.176. The van der Waals surface area contributed by atoms with Gasteiger partial charge in [-0.25, -0.2) is 12.7 Å². The third-order valence-electron chi connectivity index (χ3n) is 3.68. The van der Waals surface area contributed by atoms with Gasteiger partial charge in [0.05, 0.1) is 17.7 Å². The van der Waals surface area contributed by atoms with E-state index in [4.69, 9.17) is 22.1 Å². The Labute approximate surface area is 161 Å². The maximum Gasteiger partial charge on any atom is 0.255 e. The largest absolute Gasteiger partial charge is 0.495 e. The molecule has 0 atom stereocenters. The molecule has 2 rings (SSSR count). The molecule has 0 heterocycles. The standard InChI is InChI=1S/C17H18ClN3O5S/c1-21(2)27(24,25)15-8-10(4-7-14(15)26-3)17(23)20-11-5-6-12(16(19)22)13(18)9-11/h4-9H,1-3H3,(H2,19,22)(H,20,23). The summed E-state index contributed by atoms with van der Waals surface area (Å²) in [6.07, 6.45) is 0. The van der Waals surface area contributed by atoms with Crippen LogP contribution in [0.25, 0.3) is 0 Å². The molecule has 10 heteroatoms. The Balaban J connectivity index is 2.37. The van der Waals surface area contributed by atoms with Crippen LogP contribution in [0.2, 0.25) is 5.02 Å². The van der Waals surface area contributed by atoms with E-state index < -0.39 is 21.8 Å². The zero-order valence-electron chi connectivity index (χ0n) is 14.8. The van der Waals surface area contributed by atoms with Crippen LogP contribution in [0.3, 0.4) is 0 Å². The van der Waals surface area contributed by atoms with Gasteiger partial charge in [-0.2, -0.15) is 0 Å². The van der Waals surface area contributed by atoms with Crippen LogP contribution in [0, 0.1) is 0 Å². The first-order valence-corrected chi connectivity index (χ1v) is 9.41. The predicted octanol–water partition coefficient (Wildman–Crippen LogP) is 1.95. The number of rotatable bonds is 6. The first kappa shape index (κ1) is 20.7. The lowest BCUT2D eigenvalue weighted by molar-refractivity contribution is 0.0998. The summed E-state index contributed by atoms with van der Waals surface area (Å²) >= 11 is 5.96. The third kappa shape index (κ3) is 4.38. The van der Waals surface area contributed by atoms with E-state index in [-0.39, 0.29) is 26.8 Å². The smallest absolute Gasteiger partial charge is 0.255 e. The molecule has 27 heavy (non-hydrogen) atoms. The average Bonchev–Trinajstić information content (AvgIpc) is 2.60. The van der Waals surface area contributed by atoms with Crippen LogP contribution in [-0.4, -0.2) is 45.7 Å². The van der Waals surface area contributed by atoms with Crippen LogP contribution in [0.1, 0.15) is 20.7 Å². The van der Waals surface area contributed by atoms with Crippen LogP contribution in [0.5, 0.6) is 5.75 Å². The van der Waals surface area contributed by atoms with Gasteiger partial charge in [0.15, 0.2) is 0 Å². The zero-order chi connectivity index (χ0) is 20.4. The molecule has 0 aliphatic heterocycles. The Morgan fingerprint density at radius 1 is 1.15 bits per heavy atom. The normalized spacial score (nSPS) is 11.3. The maximum atomic E-state index is 12.5. The maximum absolute atomic E-state index is 12.5.